The van der Waals surface area contributed by atoms with Gasteiger partial charge in [0.15, 0.2) is 0 Å². The molecule has 0 saturated carbocycles. The van der Waals surface area contributed by atoms with Gasteiger partial charge in [-0.05, 0) is 19.1 Å². The Hall–Kier alpha value is -0.520. The Labute approximate surface area is 85.4 Å². The van der Waals surface area contributed by atoms with E-state index in [-0.39, 0.29) is 9.96 Å². The molecule has 0 spiro atoms. The number of amides is 1. The molecule has 0 radical (unpaired) electrons. The number of hydrogen-bond acceptors (Lipinski definition) is 2. The van der Waals surface area contributed by atoms with Crippen LogP contribution >= 0.6 is 22.6 Å². The van der Waals surface area contributed by atoms with Gasteiger partial charge in [-0.25, -0.2) is 0 Å². The maximum Gasteiger partial charge on any atom is 0.267 e. The number of carbonyl (C=O) groups is 1. The normalized spacial score (nSPS) is 22.1. The van der Waals surface area contributed by atoms with Crippen LogP contribution in [0.5, 0.6) is 0 Å². The molecule has 0 aromatic rings. The number of hydrogen-bond donors (Lipinski definition) is 2. The number of allylic oxidation sites excluding steroid dienone is 2. The van der Waals surface area contributed by atoms with Crippen molar-refractivity contribution in [3.8, 4) is 0 Å². The van der Waals surface area contributed by atoms with Gasteiger partial charge < -0.3 is 10.6 Å². The molecule has 3 nitrogen and oxygen atoms in total. The van der Waals surface area contributed by atoms with Crippen molar-refractivity contribution in [2.24, 2.45) is 0 Å². The van der Waals surface area contributed by atoms with Crippen LogP contribution in [0.25, 0.3) is 0 Å². The molecule has 0 aromatic carbocycles. The van der Waals surface area contributed by atoms with Crippen molar-refractivity contribution in [1.29, 1.82) is 0 Å². The first-order valence-electron chi connectivity index (χ1n) is 3.66. The second-order valence-corrected chi connectivity index (χ2v) is 3.94. The minimum atomic E-state index is -0.0656. The molecule has 0 bridgehead atoms. The highest BCUT2D eigenvalue weighted by Crippen LogP contribution is 2.13. The van der Waals surface area contributed by atoms with Gasteiger partial charge in [0.25, 0.3) is 5.91 Å². The SMILES string of the molecule is CNC(=O)C1=CC(C)=CC(I)N1. The fourth-order valence-corrected chi connectivity index (χ4v) is 1.91. The standard InChI is InChI=1S/C8H11IN2O/c1-5-3-6(8(12)10-2)11-7(9)4-5/h3-4,7,11H,1-2H3,(H,10,12). The van der Waals surface area contributed by atoms with Crippen LogP contribution in [0.2, 0.25) is 0 Å². The lowest BCUT2D eigenvalue weighted by Gasteiger charge is -2.17. The van der Waals surface area contributed by atoms with Gasteiger partial charge in [0.1, 0.15) is 5.70 Å². The van der Waals surface area contributed by atoms with Gasteiger partial charge in [0.05, 0.1) is 4.05 Å². The third-order valence-electron chi connectivity index (χ3n) is 1.55. The topological polar surface area (TPSA) is 41.1 Å². The van der Waals surface area contributed by atoms with Gasteiger partial charge in [0.2, 0.25) is 0 Å². The fraction of sp³-hybridized carbons (Fsp3) is 0.375. The van der Waals surface area contributed by atoms with Crippen molar-refractivity contribution in [1.82, 2.24) is 10.6 Å². The van der Waals surface area contributed by atoms with Crippen molar-refractivity contribution in [2.45, 2.75) is 11.0 Å². The lowest BCUT2D eigenvalue weighted by Crippen LogP contribution is -2.34. The summed E-state index contributed by atoms with van der Waals surface area (Å²) in [4.78, 5) is 11.2. The average molecular weight is 278 g/mol. The Kier molecular flexibility index (Phi) is 3.13. The van der Waals surface area contributed by atoms with Crippen LogP contribution in [-0.4, -0.2) is 17.0 Å². The van der Waals surface area contributed by atoms with Gasteiger partial charge in [-0.3, -0.25) is 4.79 Å². The van der Waals surface area contributed by atoms with Crippen molar-refractivity contribution in [3.63, 3.8) is 0 Å². The molecule has 1 amide bonds. The van der Waals surface area contributed by atoms with E-state index in [1.807, 2.05) is 13.0 Å². The first-order valence-corrected chi connectivity index (χ1v) is 4.91. The third kappa shape index (κ3) is 2.23. The molecule has 12 heavy (non-hydrogen) atoms. The summed E-state index contributed by atoms with van der Waals surface area (Å²) in [6, 6.07) is 0. The number of nitrogens with one attached hydrogen (secondary N) is 2. The average Bonchev–Trinajstić information content (AvgIpc) is 2.01. The van der Waals surface area contributed by atoms with E-state index in [9.17, 15) is 4.79 Å². The highest BCUT2D eigenvalue weighted by atomic mass is 127. The quantitative estimate of drug-likeness (QED) is 0.425. The van der Waals surface area contributed by atoms with Gasteiger partial charge in [-0.15, -0.1) is 0 Å². The Bertz CT molecular complexity index is 258. The Balaban J connectivity index is 2.79. The summed E-state index contributed by atoms with van der Waals surface area (Å²) in [5, 5.41) is 5.63. The Morgan fingerprint density at radius 1 is 1.75 bits per heavy atom. The summed E-state index contributed by atoms with van der Waals surface area (Å²) in [5.41, 5.74) is 1.75. The van der Waals surface area contributed by atoms with Gasteiger partial charge in [-0.2, -0.15) is 0 Å². The predicted octanol–water partition coefficient (Wildman–Crippen LogP) is 0.927. The van der Waals surface area contributed by atoms with Crippen LogP contribution in [0.4, 0.5) is 0 Å². The van der Waals surface area contributed by atoms with Crippen LogP contribution in [-0.2, 0) is 4.79 Å². The van der Waals surface area contributed by atoms with E-state index >= 15 is 0 Å². The minimum Gasteiger partial charge on any atom is -0.366 e. The van der Waals surface area contributed by atoms with Crippen molar-refractivity contribution >= 4 is 28.5 Å². The summed E-state index contributed by atoms with van der Waals surface area (Å²) in [5.74, 6) is -0.0656. The molecule has 0 saturated heterocycles. The molecule has 4 heteroatoms. The maximum absolute atomic E-state index is 11.2. The smallest absolute Gasteiger partial charge is 0.267 e. The van der Waals surface area contributed by atoms with E-state index in [4.69, 9.17) is 0 Å². The first-order chi connectivity index (χ1) is 5.63. The fourth-order valence-electron chi connectivity index (χ4n) is 1.00. The molecule has 1 aliphatic rings. The van der Waals surface area contributed by atoms with Crippen LogP contribution in [0, 0.1) is 0 Å². The van der Waals surface area contributed by atoms with E-state index in [2.05, 4.69) is 39.3 Å². The molecule has 1 rings (SSSR count). The van der Waals surface area contributed by atoms with Gasteiger partial charge >= 0.3 is 0 Å². The number of carbonyl (C=O) groups excluding carboxylic acids is 1. The van der Waals surface area contributed by atoms with Crippen LogP contribution < -0.4 is 10.6 Å². The minimum absolute atomic E-state index is 0.0656. The Morgan fingerprint density at radius 2 is 2.42 bits per heavy atom. The second-order valence-electron chi connectivity index (χ2n) is 2.59. The van der Waals surface area contributed by atoms with Crippen molar-refractivity contribution in [2.75, 3.05) is 7.05 Å². The largest absolute Gasteiger partial charge is 0.366 e. The predicted molar refractivity (Wildman–Crippen MR) is 56.9 cm³/mol. The zero-order valence-corrected chi connectivity index (χ0v) is 9.18. The number of halogens is 1. The molecule has 1 heterocycles. The van der Waals surface area contributed by atoms with Crippen LogP contribution in [0.15, 0.2) is 23.4 Å². The second kappa shape index (κ2) is 3.93. The molecule has 1 atom stereocenters. The lowest BCUT2D eigenvalue weighted by molar-refractivity contribution is -0.117. The molecule has 1 aliphatic heterocycles. The highest BCUT2D eigenvalue weighted by Gasteiger charge is 2.13. The summed E-state index contributed by atoms with van der Waals surface area (Å²) in [6.45, 7) is 1.98. The monoisotopic (exact) mass is 278 g/mol. The summed E-state index contributed by atoms with van der Waals surface area (Å²) in [6.07, 6.45) is 3.90. The third-order valence-corrected chi connectivity index (χ3v) is 2.22. The van der Waals surface area contributed by atoms with E-state index in [0.29, 0.717) is 5.70 Å². The van der Waals surface area contributed by atoms with E-state index < -0.39 is 0 Å². The number of likely N-dealkylation sites (N-methyl/N-ethyl adjacent to an activating group) is 1. The zero-order chi connectivity index (χ0) is 9.14. The number of rotatable bonds is 1. The first kappa shape index (κ1) is 9.57. The molecular weight excluding hydrogens is 267 g/mol. The maximum atomic E-state index is 11.2. The van der Waals surface area contributed by atoms with Crippen molar-refractivity contribution < 1.29 is 4.79 Å². The number of alkyl halides is 1. The zero-order valence-electron chi connectivity index (χ0n) is 7.02. The van der Waals surface area contributed by atoms with Crippen LogP contribution in [0.1, 0.15) is 6.92 Å². The molecule has 2 N–H and O–H groups in total. The summed E-state index contributed by atoms with van der Waals surface area (Å²) in [7, 11) is 1.63. The molecular formula is C8H11IN2O. The molecule has 0 aliphatic carbocycles. The molecule has 0 aromatic heterocycles. The van der Waals surface area contributed by atoms with E-state index in [1.165, 1.54) is 0 Å². The lowest BCUT2D eigenvalue weighted by atomic mass is 10.2. The molecule has 1 unspecified atom stereocenters. The van der Waals surface area contributed by atoms with E-state index in [0.717, 1.165) is 5.57 Å². The van der Waals surface area contributed by atoms with E-state index in [1.54, 1.807) is 7.05 Å². The van der Waals surface area contributed by atoms with Crippen molar-refractivity contribution in [3.05, 3.63) is 23.4 Å². The van der Waals surface area contributed by atoms with Gasteiger partial charge in [-0.1, -0.05) is 28.2 Å². The summed E-state index contributed by atoms with van der Waals surface area (Å²) < 4.78 is 0.208. The Morgan fingerprint density at radius 3 is 2.92 bits per heavy atom. The number of dihydropyridines is 1. The summed E-state index contributed by atoms with van der Waals surface area (Å²) >= 11 is 2.23. The molecule has 0 fully saturated rings. The highest BCUT2D eigenvalue weighted by molar-refractivity contribution is 14.1. The van der Waals surface area contributed by atoms with Crippen LogP contribution in [0.3, 0.4) is 0 Å². The molecule has 66 valence electrons. The van der Waals surface area contributed by atoms with Gasteiger partial charge in [0, 0.05) is 7.05 Å².